The van der Waals surface area contributed by atoms with Crippen LogP contribution in [0.15, 0.2) is 192 Å². The van der Waals surface area contributed by atoms with Crippen molar-refractivity contribution in [1.29, 1.82) is 0 Å². The number of furan rings is 1. The highest BCUT2D eigenvalue weighted by molar-refractivity contribution is 7.26. The van der Waals surface area contributed by atoms with Gasteiger partial charge in [-0.15, -0.1) is 11.3 Å². The molecule has 0 saturated heterocycles. The molecule has 1 aliphatic heterocycles. The molecule has 0 amide bonds. The van der Waals surface area contributed by atoms with Crippen LogP contribution in [-0.2, 0) is 10.8 Å². The van der Waals surface area contributed by atoms with Gasteiger partial charge in [-0.3, -0.25) is 0 Å². The Labute approximate surface area is 376 Å². The van der Waals surface area contributed by atoms with Gasteiger partial charge in [-0.2, -0.15) is 0 Å². The van der Waals surface area contributed by atoms with Crippen LogP contribution in [-0.4, -0.2) is 0 Å². The first-order chi connectivity index (χ1) is 31.2. The lowest BCUT2D eigenvalue weighted by atomic mass is 9.75. The van der Waals surface area contributed by atoms with Crippen LogP contribution in [0.25, 0.3) is 75.5 Å². The van der Waals surface area contributed by atoms with Crippen LogP contribution >= 0.6 is 11.3 Å². The molecule has 0 fully saturated rings. The molecule has 0 N–H and O–H groups in total. The largest absolute Gasteiger partial charge is 0.456 e. The maximum absolute atomic E-state index is 6.92. The Morgan fingerprint density at radius 1 is 0.422 bits per heavy atom. The van der Waals surface area contributed by atoms with E-state index in [9.17, 15) is 0 Å². The summed E-state index contributed by atoms with van der Waals surface area (Å²) in [5.74, 6) is 1.77. The summed E-state index contributed by atoms with van der Waals surface area (Å²) in [6, 6.07) is 68.7. The molecule has 9 aromatic carbocycles. The van der Waals surface area contributed by atoms with Crippen molar-refractivity contribution in [3.63, 3.8) is 0 Å². The lowest BCUT2D eigenvalue weighted by Gasteiger charge is -2.35. The highest BCUT2D eigenvalue weighted by Gasteiger charge is 2.37. The summed E-state index contributed by atoms with van der Waals surface area (Å²) in [6.45, 7) is 9.29. The Bertz CT molecular complexity index is 3700. The fourth-order valence-corrected chi connectivity index (χ4v) is 12.0. The third kappa shape index (κ3) is 5.39. The van der Waals surface area contributed by atoms with E-state index < -0.39 is 0 Å². The van der Waals surface area contributed by atoms with Crippen LogP contribution in [0.3, 0.4) is 0 Å². The monoisotopic (exact) mass is 841 g/mol. The fraction of sp³-hybridized carbons (Fsp3) is 0.100. The van der Waals surface area contributed by atoms with Gasteiger partial charge in [0.1, 0.15) is 22.7 Å². The SMILES string of the molecule is CC1(C)c2ccccc2-c2ccc(N(c3ccc(-c4ccc5c(c4)Oc4c(ccc6oc7ccccc7c46)C5(C)C)cc3)c3ccc(-c4cccc5c4sc4ccccc45)cc3)cc21. The molecule has 0 atom stereocenters. The molecule has 0 unspecified atom stereocenters. The second kappa shape index (κ2) is 13.6. The van der Waals surface area contributed by atoms with Gasteiger partial charge >= 0.3 is 0 Å². The molecule has 306 valence electrons. The zero-order valence-corrected chi connectivity index (χ0v) is 36.9. The third-order valence-electron chi connectivity index (χ3n) is 14.2. The number of anilines is 3. The minimum atomic E-state index is -0.260. The second-order valence-electron chi connectivity index (χ2n) is 18.5. The number of fused-ring (bicyclic) bond motifs is 12. The van der Waals surface area contributed by atoms with Gasteiger partial charge < -0.3 is 14.1 Å². The molecule has 11 aromatic rings. The molecule has 3 heterocycles. The molecule has 64 heavy (non-hydrogen) atoms. The van der Waals surface area contributed by atoms with Gasteiger partial charge in [-0.1, -0.05) is 155 Å². The maximum Gasteiger partial charge on any atom is 0.143 e. The number of hydrogen-bond donors (Lipinski definition) is 0. The number of thiophene rings is 1. The summed E-state index contributed by atoms with van der Waals surface area (Å²) in [5.41, 5.74) is 17.1. The summed E-state index contributed by atoms with van der Waals surface area (Å²) in [6.07, 6.45) is 0. The molecule has 3 nitrogen and oxygen atoms in total. The van der Waals surface area contributed by atoms with Gasteiger partial charge in [0.15, 0.2) is 0 Å². The van der Waals surface area contributed by atoms with E-state index in [2.05, 4.69) is 209 Å². The Balaban J connectivity index is 0.897. The number of hydrogen-bond acceptors (Lipinski definition) is 4. The van der Waals surface area contributed by atoms with Crippen molar-refractivity contribution in [2.75, 3.05) is 4.90 Å². The molecule has 4 heteroatoms. The van der Waals surface area contributed by atoms with Crippen molar-refractivity contribution in [3.8, 4) is 44.9 Å². The molecule has 2 aromatic heterocycles. The Morgan fingerprint density at radius 2 is 1.05 bits per heavy atom. The van der Waals surface area contributed by atoms with Crippen molar-refractivity contribution < 1.29 is 9.15 Å². The van der Waals surface area contributed by atoms with Crippen LogP contribution in [0.4, 0.5) is 17.1 Å². The molecule has 0 bridgehead atoms. The number of rotatable bonds is 5. The quantitative estimate of drug-likeness (QED) is 0.173. The Hall–Kier alpha value is -7.40. The summed E-state index contributed by atoms with van der Waals surface area (Å²) in [4.78, 5) is 2.41. The summed E-state index contributed by atoms with van der Waals surface area (Å²) < 4.78 is 15.8. The van der Waals surface area contributed by atoms with E-state index in [4.69, 9.17) is 9.15 Å². The molecule has 1 aliphatic carbocycles. The minimum Gasteiger partial charge on any atom is -0.456 e. The van der Waals surface area contributed by atoms with Gasteiger partial charge in [0.25, 0.3) is 0 Å². The maximum atomic E-state index is 6.92. The molecule has 0 radical (unpaired) electrons. The van der Waals surface area contributed by atoms with Gasteiger partial charge in [-0.05, 0) is 105 Å². The summed E-state index contributed by atoms with van der Waals surface area (Å²) in [5, 5.41) is 4.74. The third-order valence-corrected chi connectivity index (χ3v) is 15.4. The minimum absolute atomic E-state index is 0.121. The van der Waals surface area contributed by atoms with E-state index in [1.165, 1.54) is 64.7 Å². The molecule has 0 saturated carbocycles. The van der Waals surface area contributed by atoms with Crippen LogP contribution in [0.2, 0.25) is 0 Å². The number of benzene rings is 9. The average molecular weight is 842 g/mol. The van der Waals surface area contributed by atoms with Gasteiger partial charge in [0, 0.05) is 64.6 Å². The van der Waals surface area contributed by atoms with E-state index >= 15 is 0 Å². The Kier molecular flexibility index (Phi) is 7.87. The van der Waals surface area contributed by atoms with Crippen LogP contribution < -0.4 is 9.64 Å². The highest BCUT2D eigenvalue weighted by atomic mass is 32.1. The molecule has 2 aliphatic rings. The zero-order valence-electron chi connectivity index (χ0n) is 36.1. The smallest absolute Gasteiger partial charge is 0.143 e. The first-order valence-electron chi connectivity index (χ1n) is 22.2. The Morgan fingerprint density at radius 3 is 1.88 bits per heavy atom. The van der Waals surface area contributed by atoms with Crippen molar-refractivity contribution >= 4 is 70.5 Å². The predicted octanol–water partition coefficient (Wildman–Crippen LogP) is 17.5. The van der Waals surface area contributed by atoms with Crippen LogP contribution in [0.5, 0.6) is 11.5 Å². The molecular formula is C60H43NO2S. The lowest BCUT2D eigenvalue weighted by molar-refractivity contribution is 0.423. The average Bonchev–Trinajstić information content (AvgIpc) is 3.97. The van der Waals surface area contributed by atoms with Crippen molar-refractivity contribution in [1.82, 2.24) is 0 Å². The van der Waals surface area contributed by atoms with Gasteiger partial charge in [0.05, 0.1) is 5.39 Å². The molecular weight excluding hydrogens is 799 g/mol. The van der Waals surface area contributed by atoms with Crippen molar-refractivity contribution in [2.24, 2.45) is 0 Å². The van der Waals surface area contributed by atoms with Crippen LogP contribution in [0, 0.1) is 0 Å². The van der Waals surface area contributed by atoms with E-state index in [0.29, 0.717) is 0 Å². The van der Waals surface area contributed by atoms with Crippen molar-refractivity contribution in [2.45, 2.75) is 38.5 Å². The topological polar surface area (TPSA) is 25.6 Å². The van der Waals surface area contributed by atoms with Crippen LogP contribution in [0.1, 0.15) is 49.9 Å². The first-order valence-corrected chi connectivity index (χ1v) is 23.0. The summed E-state index contributed by atoms with van der Waals surface area (Å²) in [7, 11) is 0. The van der Waals surface area contributed by atoms with Gasteiger partial charge in [-0.25, -0.2) is 0 Å². The number of ether oxygens (including phenoxy) is 1. The highest BCUT2D eigenvalue weighted by Crippen LogP contribution is 2.54. The van der Waals surface area contributed by atoms with E-state index in [-0.39, 0.29) is 10.8 Å². The predicted molar refractivity (Wildman–Crippen MR) is 268 cm³/mol. The number of para-hydroxylation sites is 1. The lowest BCUT2D eigenvalue weighted by Crippen LogP contribution is -2.24. The van der Waals surface area contributed by atoms with Crippen molar-refractivity contribution in [3.05, 3.63) is 210 Å². The van der Waals surface area contributed by atoms with E-state index in [1.807, 2.05) is 23.5 Å². The normalized spacial score (nSPS) is 14.3. The fourth-order valence-electron chi connectivity index (χ4n) is 10.8. The molecule has 0 spiro atoms. The molecule has 13 rings (SSSR count). The van der Waals surface area contributed by atoms with E-state index in [1.54, 1.807) is 0 Å². The summed E-state index contributed by atoms with van der Waals surface area (Å²) >= 11 is 1.88. The first kappa shape index (κ1) is 37.2. The second-order valence-corrected chi connectivity index (χ2v) is 19.5. The number of nitrogens with zero attached hydrogens (tertiary/aromatic N) is 1. The standard InChI is InChI=1S/C60H43NO2S/c1-59(2)48-17-8-5-12-43(48)44-30-29-41(35-51(44)59)61(40-27-22-37(23-28-40)42-15-11-16-46-45-13-7-10-19-55(45)64-58(42)46)39-25-20-36(21-26-39)38-24-31-49-54(34-38)63-57-50(60(49,3)4)32-33-53-56(57)47-14-6-9-18-52(47)62-53/h5-35H,1-4H3. The van der Waals surface area contributed by atoms with E-state index in [0.717, 1.165) is 61.6 Å². The zero-order chi connectivity index (χ0) is 42.9. The van der Waals surface area contributed by atoms with Gasteiger partial charge in [0.2, 0.25) is 0 Å².